The van der Waals surface area contributed by atoms with E-state index in [4.69, 9.17) is 22.2 Å². The normalized spacial score (nSPS) is 10.1. The minimum Gasteiger partial charge on any atom is -0.398 e. The number of halogens is 1. The Morgan fingerprint density at radius 2 is 2.31 bits per heavy atom. The topological polar surface area (TPSA) is 70.1 Å². The fraction of sp³-hybridized carbons (Fsp3) is 0. The van der Waals surface area contributed by atoms with Crippen molar-refractivity contribution in [1.82, 2.24) is 9.71 Å². The number of hydrogen-bond donors (Lipinski definition) is 1. The summed E-state index contributed by atoms with van der Waals surface area (Å²) in [5, 5.41) is 0.402. The summed E-state index contributed by atoms with van der Waals surface area (Å²) in [7, 11) is 0. The molecule has 82 valence electrons. The Hall–Kier alpha value is -2.01. The fourth-order valence-corrected chi connectivity index (χ4v) is 1.24. The van der Waals surface area contributed by atoms with Crippen LogP contribution < -0.4 is 10.6 Å². The summed E-state index contributed by atoms with van der Waals surface area (Å²) in [6.07, 6.45) is 4.39. The first kappa shape index (κ1) is 10.5. The molecule has 0 bridgehead atoms. The molecule has 2 N–H and O–H groups in total. The molecule has 0 atom stereocenters. The summed E-state index contributed by atoms with van der Waals surface area (Å²) in [6.45, 7) is 0. The second-order valence-electron chi connectivity index (χ2n) is 3.04. The number of nitrogens with zero attached hydrogens (tertiary/aromatic N) is 2. The molecule has 6 heteroatoms. The minimum absolute atomic E-state index is 0.329. The van der Waals surface area contributed by atoms with Gasteiger partial charge in [0.2, 0.25) is 0 Å². The van der Waals surface area contributed by atoms with Crippen molar-refractivity contribution in [1.29, 1.82) is 0 Å². The Labute approximate surface area is 96.4 Å². The van der Waals surface area contributed by atoms with E-state index in [0.29, 0.717) is 16.3 Å². The van der Waals surface area contributed by atoms with E-state index >= 15 is 0 Å². The van der Waals surface area contributed by atoms with Crippen LogP contribution in [-0.2, 0) is 0 Å². The Morgan fingerprint density at radius 1 is 1.50 bits per heavy atom. The number of benzene rings is 1. The maximum atomic E-state index is 11.6. The predicted octanol–water partition coefficient (Wildman–Crippen LogP) is 1.39. The monoisotopic (exact) mass is 237 g/mol. The van der Waals surface area contributed by atoms with Crippen LogP contribution in [0.2, 0.25) is 5.02 Å². The van der Waals surface area contributed by atoms with Crippen LogP contribution in [0.15, 0.2) is 36.9 Å². The highest BCUT2D eigenvalue weighted by molar-refractivity contribution is 6.33. The van der Waals surface area contributed by atoms with Gasteiger partial charge in [-0.25, -0.2) is 9.78 Å². The second kappa shape index (κ2) is 4.24. The van der Waals surface area contributed by atoms with E-state index in [1.54, 1.807) is 6.07 Å². The van der Waals surface area contributed by atoms with Gasteiger partial charge in [0.15, 0.2) is 0 Å². The molecule has 0 fully saturated rings. The maximum absolute atomic E-state index is 11.6. The summed E-state index contributed by atoms with van der Waals surface area (Å²) in [5.41, 5.74) is 6.24. The van der Waals surface area contributed by atoms with Crippen molar-refractivity contribution in [2.24, 2.45) is 0 Å². The van der Waals surface area contributed by atoms with E-state index in [-0.39, 0.29) is 0 Å². The number of hydrogen-bond acceptors (Lipinski definition) is 4. The number of rotatable bonds is 2. The van der Waals surface area contributed by atoms with E-state index in [1.807, 2.05) is 0 Å². The molecule has 0 radical (unpaired) electrons. The molecule has 1 heterocycles. The van der Waals surface area contributed by atoms with Gasteiger partial charge < -0.3 is 10.6 Å². The van der Waals surface area contributed by atoms with Gasteiger partial charge in [-0.15, -0.1) is 0 Å². The van der Waals surface area contributed by atoms with Gasteiger partial charge in [-0.3, -0.25) is 0 Å². The van der Waals surface area contributed by atoms with Gasteiger partial charge in [-0.05, 0) is 18.2 Å². The highest BCUT2D eigenvalue weighted by atomic mass is 35.5. The van der Waals surface area contributed by atoms with E-state index in [2.05, 4.69) is 4.98 Å². The second-order valence-corrected chi connectivity index (χ2v) is 3.44. The first-order valence-corrected chi connectivity index (χ1v) is 4.80. The van der Waals surface area contributed by atoms with Crippen LogP contribution in [0.5, 0.6) is 0 Å². The zero-order chi connectivity index (χ0) is 11.5. The number of aromatic nitrogens is 2. The molecule has 0 unspecified atom stereocenters. The van der Waals surface area contributed by atoms with Crippen LogP contribution in [-0.4, -0.2) is 15.7 Å². The van der Waals surface area contributed by atoms with Gasteiger partial charge >= 0.3 is 5.97 Å². The van der Waals surface area contributed by atoms with Crippen LogP contribution in [0.4, 0.5) is 5.69 Å². The smallest absolute Gasteiger partial charge is 0.363 e. The van der Waals surface area contributed by atoms with Gasteiger partial charge in [0.05, 0.1) is 22.5 Å². The van der Waals surface area contributed by atoms with Crippen LogP contribution in [0.25, 0.3) is 0 Å². The molecule has 0 aliphatic rings. The average Bonchev–Trinajstić information content (AvgIpc) is 2.74. The first-order chi connectivity index (χ1) is 7.66. The van der Waals surface area contributed by atoms with Crippen LogP contribution in [0, 0.1) is 0 Å². The maximum Gasteiger partial charge on any atom is 0.363 e. The molecule has 0 saturated heterocycles. The van der Waals surface area contributed by atoms with E-state index in [1.165, 1.54) is 35.6 Å². The summed E-state index contributed by atoms with van der Waals surface area (Å²) >= 11 is 5.74. The number of anilines is 1. The molecule has 2 rings (SSSR count). The molecule has 0 spiro atoms. The van der Waals surface area contributed by atoms with Crippen molar-refractivity contribution in [2.45, 2.75) is 0 Å². The Morgan fingerprint density at radius 3 is 2.94 bits per heavy atom. The SMILES string of the molecule is Nc1cc(C(=O)On2ccnc2)ccc1Cl. The van der Waals surface area contributed by atoms with E-state index in [9.17, 15) is 4.79 Å². The van der Waals surface area contributed by atoms with Crippen LogP contribution in [0.1, 0.15) is 10.4 Å². The molecular weight excluding hydrogens is 230 g/mol. The molecule has 16 heavy (non-hydrogen) atoms. The first-order valence-electron chi connectivity index (χ1n) is 4.42. The van der Waals surface area contributed by atoms with E-state index in [0.717, 1.165) is 0 Å². The molecule has 0 amide bonds. The largest absolute Gasteiger partial charge is 0.398 e. The molecule has 5 nitrogen and oxygen atoms in total. The molecule has 0 saturated carbocycles. The van der Waals surface area contributed by atoms with Crippen molar-refractivity contribution in [2.75, 3.05) is 5.73 Å². The lowest BCUT2D eigenvalue weighted by molar-refractivity contribution is 0.0460. The van der Waals surface area contributed by atoms with Gasteiger partial charge in [0.1, 0.15) is 6.33 Å². The van der Waals surface area contributed by atoms with E-state index < -0.39 is 5.97 Å². The van der Waals surface area contributed by atoms with Crippen molar-refractivity contribution < 1.29 is 9.63 Å². The van der Waals surface area contributed by atoms with Gasteiger partial charge in [-0.1, -0.05) is 11.6 Å². The molecular formula is C10H8ClN3O2. The van der Waals surface area contributed by atoms with Crippen molar-refractivity contribution >= 4 is 23.3 Å². The Balaban J connectivity index is 2.18. The van der Waals surface area contributed by atoms with Gasteiger partial charge in [-0.2, -0.15) is 4.73 Å². The number of imidazole rings is 1. The molecule has 0 aliphatic heterocycles. The molecule has 2 aromatic rings. The lowest BCUT2D eigenvalue weighted by Crippen LogP contribution is -2.18. The van der Waals surface area contributed by atoms with Crippen LogP contribution in [0.3, 0.4) is 0 Å². The minimum atomic E-state index is -0.527. The third kappa shape index (κ3) is 2.14. The summed E-state index contributed by atoms with van der Waals surface area (Å²) in [4.78, 5) is 20.3. The van der Waals surface area contributed by atoms with Crippen molar-refractivity contribution in [3.05, 3.63) is 47.5 Å². The number of carbonyl (C=O) groups excluding carboxylic acids is 1. The van der Waals surface area contributed by atoms with Crippen molar-refractivity contribution in [3.63, 3.8) is 0 Å². The lowest BCUT2D eigenvalue weighted by atomic mass is 10.2. The predicted molar refractivity (Wildman–Crippen MR) is 59.0 cm³/mol. The van der Waals surface area contributed by atoms with Crippen molar-refractivity contribution in [3.8, 4) is 0 Å². The third-order valence-electron chi connectivity index (χ3n) is 1.90. The Bertz CT molecular complexity index is 511. The zero-order valence-electron chi connectivity index (χ0n) is 8.13. The number of nitrogens with two attached hydrogens (primary N) is 1. The van der Waals surface area contributed by atoms with Gasteiger partial charge in [0.25, 0.3) is 0 Å². The van der Waals surface area contributed by atoms with Gasteiger partial charge in [0, 0.05) is 6.20 Å². The number of nitrogen functional groups attached to an aromatic ring is 1. The summed E-state index contributed by atoms with van der Waals surface area (Å²) < 4.78 is 1.20. The Kier molecular flexibility index (Phi) is 2.78. The molecule has 1 aromatic carbocycles. The quantitative estimate of drug-likeness (QED) is 0.802. The number of carbonyl (C=O) groups is 1. The lowest BCUT2D eigenvalue weighted by Gasteiger charge is -2.04. The average molecular weight is 238 g/mol. The highest BCUT2D eigenvalue weighted by Crippen LogP contribution is 2.19. The molecule has 1 aromatic heterocycles. The fourth-order valence-electron chi connectivity index (χ4n) is 1.12. The molecule has 0 aliphatic carbocycles. The highest BCUT2D eigenvalue weighted by Gasteiger charge is 2.09. The summed E-state index contributed by atoms with van der Waals surface area (Å²) in [6, 6.07) is 4.54. The van der Waals surface area contributed by atoms with Crippen LogP contribution >= 0.6 is 11.6 Å². The standard InChI is InChI=1S/C10H8ClN3O2/c11-8-2-1-7(5-9(8)12)10(15)16-14-4-3-13-6-14/h1-6H,12H2. The zero-order valence-corrected chi connectivity index (χ0v) is 8.89. The summed E-state index contributed by atoms with van der Waals surface area (Å²) in [5.74, 6) is -0.527. The third-order valence-corrected chi connectivity index (χ3v) is 2.24.